The third-order valence-electron chi connectivity index (χ3n) is 7.09. The number of aliphatic hydroxyl groups is 1. The number of hydrazine groups is 1. The molecule has 12 nitrogen and oxygen atoms in total. The van der Waals surface area contributed by atoms with Crippen LogP contribution in [-0.4, -0.2) is 91.5 Å². The molecule has 5 rings (SSSR count). The quantitative estimate of drug-likeness (QED) is 0.390. The molecule has 1 saturated carbocycles. The standard InChI is InChI=1S/C25H34F2N8O4/c1-24(2,3)13-34-18-10-16(32-35(18)23(39)19(22(34)38)20(36)30-14-4-5-14)31-17-12-28-15(11-29-17)21(37)33-8-6-25(26,27)7-9-33/h11-12,14,16,18,32,38H,4-10,13H2,1-3H3,(H,29,31)(H,30,36). The van der Waals surface area contributed by atoms with Gasteiger partial charge in [-0.05, 0) is 18.3 Å². The van der Waals surface area contributed by atoms with Gasteiger partial charge in [0.15, 0.2) is 5.57 Å². The van der Waals surface area contributed by atoms with Gasteiger partial charge >= 0.3 is 0 Å². The molecule has 4 N–H and O–H groups in total. The number of anilines is 1. The van der Waals surface area contributed by atoms with E-state index in [9.17, 15) is 28.3 Å². The molecule has 0 aromatic carbocycles. The zero-order chi connectivity index (χ0) is 28.1. The second-order valence-electron chi connectivity index (χ2n) is 11.8. The van der Waals surface area contributed by atoms with Gasteiger partial charge in [0.05, 0.1) is 18.6 Å². The van der Waals surface area contributed by atoms with Crippen molar-refractivity contribution in [3.05, 3.63) is 29.5 Å². The number of amides is 3. The van der Waals surface area contributed by atoms with E-state index in [0.717, 1.165) is 12.8 Å². The lowest BCUT2D eigenvalue weighted by atomic mass is 9.95. The summed E-state index contributed by atoms with van der Waals surface area (Å²) in [6.07, 6.45) is 2.87. The van der Waals surface area contributed by atoms with Crippen molar-refractivity contribution >= 4 is 23.5 Å². The van der Waals surface area contributed by atoms with Crippen molar-refractivity contribution in [3.8, 4) is 0 Å². The summed E-state index contributed by atoms with van der Waals surface area (Å²) in [5.41, 5.74) is 2.57. The predicted octanol–water partition coefficient (Wildman–Crippen LogP) is 1.56. The Labute approximate surface area is 224 Å². The highest BCUT2D eigenvalue weighted by atomic mass is 19.3. The summed E-state index contributed by atoms with van der Waals surface area (Å²) < 4.78 is 26.8. The zero-order valence-electron chi connectivity index (χ0n) is 22.2. The number of nitrogens with one attached hydrogen (secondary N) is 3. The van der Waals surface area contributed by atoms with E-state index in [2.05, 4.69) is 26.0 Å². The molecule has 4 heterocycles. The Bertz CT molecular complexity index is 1170. The highest BCUT2D eigenvalue weighted by Crippen LogP contribution is 2.33. The fourth-order valence-corrected chi connectivity index (χ4v) is 4.94. The van der Waals surface area contributed by atoms with Crippen LogP contribution >= 0.6 is 0 Å². The average Bonchev–Trinajstić information content (AvgIpc) is 3.57. The van der Waals surface area contributed by atoms with Gasteiger partial charge in [-0.1, -0.05) is 20.8 Å². The van der Waals surface area contributed by atoms with E-state index in [0.29, 0.717) is 18.8 Å². The van der Waals surface area contributed by atoms with Crippen LogP contribution in [0.2, 0.25) is 0 Å². The molecule has 4 aliphatic rings. The number of fused-ring (bicyclic) bond motifs is 1. The van der Waals surface area contributed by atoms with Crippen LogP contribution in [0.1, 0.15) is 63.4 Å². The van der Waals surface area contributed by atoms with E-state index < -0.39 is 36.0 Å². The van der Waals surface area contributed by atoms with Gasteiger partial charge in [0.2, 0.25) is 5.88 Å². The first-order chi connectivity index (χ1) is 18.3. The van der Waals surface area contributed by atoms with E-state index >= 15 is 0 Å². The van der Waals surface area contributed by atoms with Gasteiger partial charge in [0.25, 0.3) is 23.6 Å². The molecule has 2 saturated heterocycles. The number of hydrogen-bond donors (Lipinski definition) is 4. The Morgan fingerprint density at radius 2 is 1.87 bits per heavy atom. The van der Waals surface area contributed by atoms with Crippen molar-refractivity contribution < 1.29 is 28.3 Å². The Morgan fingerprint density at radius 1 is 1.18 bits per heavy atom. The van der Waals surface area contributed by atoms with Gasteiger partial charge in [0.1, 0.15) is 17.7 Å². The Balaban J connectivity index is 1.27. The Hall–Kier alpha value is -3.55. The lowest BCUT2D eigenvalue weighted by molar-refractivity contribution is -0.142. The molecule has 3 amide bonds. The third-order valence-corrected chi connectivity index (χ3v) is 7.09. The van der Waals surface area contributed by atoms with Crippen LogP contribution < -0.4 is 16.1 Å². The molecule has 1 aromatic rings. The van der Waals surface area contributed by atoms with Gasteiger partial charge in [-0.15, -0.1) is 0 Å². The molecule has 39 heavy (non-hydrogen) atoms. The van der Waals surface area contributed by atoms with E-state index in [1.807, 2.05) is 20.8 Å². The molecular weight excluding hydrogens is 514 g/mol. The summed E-state index contributed by atoms with van der Waals surface area (Å²) >= 11 is 0. The number of aromatic nitrogens is 2. The molecule has 14 heteroatoms. The molecule has 1 aliphatic carbocycles. The normalized spacial score (nSPS) is 25.1. The second-order valence-corrected chi connectivity index (χ2v) is 11.8. The largest absolute Gasteiger partial charge is 0.494 e. The molecule has 2 atom stereocenters. The summed E-state index contributed by atoms with van der Waals surface area (Å²) in [6.45, 7) is 6.29. The molecule has 2 unspecified atom stereocenters. The van der Waals surface area contributed by atoms with Crippen molar-refractivity contribution in [1.29, 1.82) is 0 Å². The minimum atomic E-state index is -2.75. The molecule has 3 aliphatic heterocycles. The van der Waals surface area contributed by atoms with Gasteiger partial charge in [-0.2, -0.15) is 0 Å². The number of aliphatic hydroxyl groups excluding tert-OH is 1. The number of carbonyl (C=O) groups excluding carboxylic acids is 3. The van der Waals surface area contributed by atoms with Crippen LogP contribution in [0.3, 0.4) is 0 Å². The maximum Gasteiger partial charge on any atom is 0.281 e. The van der Waals surface area contributed by atoms with Gasteiger partial charge in [-0.3, -0.25) is 14.4 Å². The van der Waals surface area contributed by atoms with Gasteiger partial charge in [-0.25, -0.2) is 29.2 Å². The first-order valence-electron chi connectivity index (χ1n) is 13.2. The summed E-state index contributed by atoms with van der Waals surface area (Å²) in [5.74, 6) is -4.44. The number of nitrogens with zero attached hydrogens (tertiary/aromatic N) is 5. The lowest BCUT2D eigenvalue weighted by Crippen LogP contribution is -2.58. The van der Waals surface area contributed by atoms with E-state index in [1.54, 1.807) is 4.90 Å². The highest BCUT2D eigenvalue weighted by Gasteiger charge is 2.49. The number of halogens is 2. The maximum atomic E-state index is 13.4. The molecule has 0 radical (unpaired) electrons. The van der Waals surface area contributed by atoms with E-state index in [4.69, 9.17) is 0 Å². The molecule has 1 aromatic heterocycles. The van der Waals surface area contributed by atoms with E-state index in [-0.39, 0.29) is 54.5 Å². The lowest BCUT2D eigenvalue weighted by Gasteiger charge is -2.42. The van der Waals surface area contributed by atoms with Gasteiger partial charge in [0, 0.05) is 44.9 Å². The highest BCUT2D eigenvalue weighted by molar-refractivity contribution is 6.19. The van der Waals surface area contributed by atoms with Crippen molar-refractivity contribution in [2.45, 2.75) is 77.2 Å². The summed E-state index contributed by atoms with van der Waals surface area (Å²) in [5, 5.41) is 18.3. The van der Waals surface area contributed by atoms with Crippen LogP contribution in [0.15, 0.2) is 23.8 Å². The topological polar surface area (TPSA) is 143 Å². The monoisotopic (exact) mass is 548 g/mol. The van der Waals surface area contributed by atoms with Crippen LogP contribution in [0.25, 0.3) is 0 Å². The zero-order valence-corrected chi connectivity index (χ0v) is 22.2. The van der Waals surface area contributed by atoms with Crippen LogP contribution in [0, 0.1) is 5.41 Å². The number of likely N-dealkylation sites (tertiary alicyclic amines) is 1. The predicted molar refractivity (Wildman–Crippen MR) is 135 cm³/mol. The van der Waals surface area contributed by atoms with Crippen LogP contribution in [-0.2, 0) is 9.59 Å². The molecule has 212 valence electrons. The minimum Gasteiger partial charge on any atom is -0.494 e. The molecular formula is C25H34F2N8O4. The minimum absolute atomic E-state index is 0.0182. The van der Waals surface area contributed by atoms with Crippen LogP contribution in [0.4, 0.5) is 14.6 Å². The third kappa shape index (κ3) is 5.89. The maximum absolute atomic E-state index is 13.4. The fourth-order valence-electron chi connectivity index (χ4n) is 4.94. The fraction of sp³-hybridized carbons (Fsp3) is 0.640. The summed E-state index contributed by atoms with van der Waals surface area (Å²) in [4.78, 5) is 50.2. The van der Waals surface area contributed by atoms with E-state index in [1.165, 1.54) is 22.3 Å². The number of alkyl halides is 2. The number of rotatable bonds is 6. The number of piperidine rings is 1. The number of carbonyl (C=O) groups is 3. The van der Waals surface area contributed by atoms with Crippen molar-refractivity contribution in [2.24, 2.45) is 5.41 Å². The first-order valence-corrected chi connectivity index (χ1v) is 13.2. The Morgan fingerprint density at radius 3 is 2.46 bits per heavy atom. The Kier molecular flexibility index (Phi) is 6.85. The second kappa shape index (κ2) is 9.88. The summed E-state index contributed by atoms with van der Waals surface area (Å²) in [6, 6.07) is 0.0182. The molecule has 3 fully saturated rings. The molecule has 0 bridgehead atoms. The summed E-state index contributed by atoms with van der Waals surface area (Å²) in [7, 11) is 0. The smallest absolute Gasteiger partial charge is 0.281 e. The van der Waals surface area contributed by atoms with Crippen molar-refractivity contribution in [3.63, 3.8) is 0 Å². The average molecular weight is 549 g/mol. The van der Waals surface area contributed by atoms with Crippen molar-refractivity contribution in [1.82, 2.24) is 35.5 Å². The van der Waals surface area contributed by atoms with Crippen molar-refractivity contribution in [2.75, 3.05) is 25.0 Å². The molecule has 0 spiro atoms. The van der Waals surface area contributed by atoms with Gasteiger partial charge < -0.3 is 25.5 Å². The first kappa shape index (κ1) is 27.0. The number of hydrogen-bond acceptors (Lipinski definition) is 9. The SMILES string of the molecule is CC(C)(C)CN1C(O)=C(C(=O)NC2CC2)C(=O)N2NC(Nc3cnc(C(=O)N4CCC(F)(F)CC4)cn3)CC12. The van der Waals surface area contributed by atoms with Crippen LogP contribution in [0.5, 0.6) is 0 Å².